The van der Waals surface area contributed by atoms with Crippen LogP contribution in [0.4, 0.5) is 11.4 Å². The first-order valence-corrected chi connectivity index (χ1v) is 6.86. The summed E-state index contributed by atoms with van der Waals surface area (Å²) in [7, 11) is 3.82. The van der Waals surface area contributed by atoms with Crippen LogP contribution < -0.4 is 10.6 Å². The van der Waals surface area contributed by atoms with Crippen molar-refractivity contribution < 1.29 is 4.74 Å². The zero-order valence-electron chi connectivity index (χ0n) is 12.3. The highest BCUT2D eigenvalue weighted by Crippen LogP contribution is 2.12. The van der Waals surface area contributed by atoms with Crippen LogP contribution in [-0.4, -0.2) is 56.8 Å². The number of anilines is 2. The molecule has 0 aromatic carbocycles. The molecular weight excluding hydrogens is 240 g/mol. The summed E-state index contributed by atoms with van der Waals surface area (Å²) in [6.45, 7) is 6.74. The Kier molecular flexibility index (Phi) is 7.93. The van der Waals surface area contributed by atoms with Crippen molar-refractivity contribution in [1.29, 1.82) is 0 Å². The van der Waals surface area contributed by atoms with E-state index in [9.17, 15) is 0 Å². The Morgan fingerprint density at radius 3 is 2.47 bits per heavy atom. The first-order valence-electron chi connectivity index (χ1n) is 6.86. The summed E-state index contributed by atoms with van der Waals surface area (Å²) in [6, 6.07) is 2.10. The van der Waals surface area contributed by atoms with Crippen LogP contribution in [0.3, 0.4) is 0 Å². The Labute approximate surface area is 116 Å². The summed E-state index contributed by atoms with van der Waals surface area (Å²) in [5.74, 6) is 0. The van der Waals surface area contributed by atoms with E-state index in [4.69, 9.17) is 4.74 Å². The van der Waals surface area contributed by atoms with Gasteiger partial charge in [-0.25, -0.2) is 0 Å². The number of hydrogen-bond donors (Lipinski definition) is 2. The zero-order valence-corrected chi connectivity index (χ0v) is 12.3. The van der Waals surface area contributed by atoms with Crippen LogP contribution in [0.1, 0.15) is 13.3 Å². The van der Waals surface area contributed by atoms with Crippen LogP contribution in [0.15, 0.2) is 18.5 Å². The van der Waals surface area contributed by atoms with Crippen molar-refractivity contribution in [3.8, 4) is 0 Å². The van der Waals surface area contributed by atoms with Gasteiger partial charge >= 0.3 is 0 Å². The molecule has 108 valence electrons. The van der Waals surface area contributed by atoms with Crippen molar-refractivity contribution in [2.45, 2.75) is 13.3 Å². The Balaban J connectivity index is 2.28. The van der Waals surface area contributed by atoms with Crippen LogP contribution in [0.25, 0.3) is 0 Å². The lowest BCUT2D eigenvalue weighted by Crippen LogP contribution is -2.28. The first-order chi connectivity index (χ1) is 9.26. The van der Waals surface area contributed by atoms with E-state index in [2.05, 4.69) is 40.6 Å². The van der Waals surface area contributed by atoms with Gasteiger partial charge in [0.2, 0.25) is 0 Å². The number of ether oxygens (including phenoxy) is 1. The number of nitrogens with one attached hydrogen (secondary N) is 2. The lowest BCUT2D eigenvalue weighted by Gasteiger charge is -2.16. The fraction of sp³-hybridized carbons (Fsp3) is 0.643. The predicted molar refractivity (Wildman–Crippen MR) is 80.9 cm³/mol. The summed E-state index contributed by atoms with van der Waals surface area (Å²) in [4.78, 5) is 6.47. The molecule has 0 fully saturated rings. The summed E-state index contributed by atoms with van der Waals surface area (Å²) in [6.07, 6.45) is 4.82. The standard InChI is InChI=1S/C14H26N4O/c1-4-5-16-13-10-14(12-15-11-13)17-6-7-18(2)8-9-19-3/h10-12,16-17H,4-9H2,1-3H3. The molecule has 1 rings (SSSR count). The second kappa shape index (κ2) is 9.58. The normalized spacial score (nSPS) is 10.7. The van der Waals surface area contributed by atoms with Gasteiger partial charge in [-0.2, -0.15) is 0 Å². The van der Waals surface area contributed by atoms with Crippen LogP contribution in [0.2, 0.25) is 0 Å². The topological polar surface area (TPSA) is 49.4 Å². The number of rotatable bonds is 10. The van der Waals surface area contributed by atoms with Gasteiger partial charge in [-0.3, -0.25) is 4.98 Å². The van der Waals surface area contributed by atoms with E-state index < -0.39 is 0 Å². The summed E-state index contributed by atoms with van der Waals surface area (Å²) in [5, 5.41) is 6.72. The highest BCUT2D eigenvalue weighted by molar-refractivity contribution is 5.53. The van der Waals surface area contributed by atoms with Crippen LogP contribution in [0.5, 0.6) is 0 Å². The molecule has 19 heavy (non-hydrogen) atoms. The van der Waals surface area contributed by atoms with Crippen LogP contribution >= 0.6 is 0 Å². The minimum atomic E-state index is 0.772. The molecule has 0 aliphatic heterocycles. The van der Waals surface area contributed by atoms with Crippen molar-refractivity contribution in [3.05, 3.63) is 18.5 Å². The Morgan fingerprint density at radius 2 is 1.84 bits per heavy atom. The van der Waals surface area contributed by atoms with E-state index >= 15 is 0 Å². The molecule has 5 heteroatoms. The first kappa shape index (κ1) is 15.7. The van der Waals surface area contributed by atoms with Gasteiger partial charge < -0.3 is 20.3 Å². The average Bonchev–Trinajstić information content (AvgIpc) is 2.43. The lowest BCUT2D eigenvalue weighted by molar-refractivity contribution is 0.163. The van der Waals surface area contributed by atoms with Gasteiger partial charge in [0.25, 0.3) is 0 Å². The number of aromatic nitrogens is 1. The molecule has 0 aliphatic rings. The van der Waals surface area contributed by atoms with E-state index in [1.165, 1.54) is 0 Å². The van der Waals surface area contributed by atoms with Gasteiger partial charge in [0.15, 0.2) is 0 Å². The molecule has 0 unspecified atom stereocenters. The van der Waals surface area contributed by atoms with Gasteiger partial charge in [0.05, 0.1) is 30.4 Å². The maximum Gasteiger partial charge on any atom is 0.0589 e. The molecule has 0 saturated heterocycles. The molecule has 0 aliphatic carbocycles. The van der Waals surface area contributed by atoms with E-state index in [-0.39, 0.29) is 0 Å². The third-order valence-electron chi connectivity index (χ3n) is 2.82. The van der Waals surface area contributed by atoms with Crippen LogP contribution in [-0.2, 0) is 4.74 Å². The van der Waals surface area contributed by atoms with Crippen molar-refractivity contribution >= 4 is 11.4 Å². The lowest BCUT2D eigenvalue weighted by atomic mass is 10.3. The minimum absolute atomic E-state index is 0.772. The van der Waals surface area contributed by atoms with Crippen molar-refractivity contribution in [2.75, 3.05) is 57.6 Å². The van der Waals surface area contributed by atoms with Gasteiger partial charge in [-0.15, -0.1) is 0 Å². The molecule has 0 amide bonds. The summed E-state index contributed by atoms with van der Waals surface area (Å²) < 4.78 is 5.05. The second-order valence-electron chi connectivity index (χ2n) is 4.61. The molecule has 0 radical (unpaired) electrons. The maximum absolute atomic E-state index is 5.05. The minimum Gasteiger partial charge on any atom is -0.384 e. The second-order valence-corrected chi connectivity index (χ2v) is 4.61. The summed E-state index contributed by atoms with van der Waals surface area (Å²) >= 11 is 0. The smallest absolute Gasteiger partial charge is 0.0589 e. The fourth-order valence-corrected chi connectivity index (χ4v) is 1.65. The molecule has 0 atom stereocenters. The highest BCUT2D eigenvalue weighted by atomic mass is 16.5. The van der Waals surface area contributed by atoms with E-state index in [1.807, 2.05) is 12.4 Å². The monoisotopic (exact) mass is 266 g/mol. The highest BCUT2D eigenvalue weighted by Gasteiger charge is 1.99. The molecule has 1 heterocycles. The number of hydrogen-bond acceptors (Lipinski definition) is 5. The fourth-order valence-electron chi connectivity index (χ4n) is 1.65. The Hall–Kier alpha value is -1.33. The van der Waals surface area contributed by atoms with Gasteiger partial charge in [-0.05, 0) is 19.5 Å². The predicted octanol–water partition coefficient (Wildman–Crippen LogP) is 1.89. The molecule has 0 spiro atoms. The van der Waals surface area contributed by atoms with Gasteiger partial charge in [0, 0.05) is 33.3 Å². The molecule has 2 N–H and O–H groups in total. The summed E-state index contributed by atoms with van der Waals surface area (Å²) in [5.41, 5.74) is 2.13. The van der Waals surface area contributed by atoms with Gasteiger partial charge in [0.1, 0.15) is 0 Å². The molecular formula is C14H26N4O. The number of likely N-dealkylation sites (N-methyl/N-ethyl adjacent to an activating group) is 1. The van der Waals surface area contributed by atoms with Crippen molar-refractivity contribution in [3.63, 3.8) is 0 Å². The Morgan fingerprint density at radius 1 is 1.16 bits per heavy atom. The van der Waals surface area contributed by atoms with Crippen molar-refractivity contribution in [1.82, 2.24) is 9.88 Å². The van der Waals surface area contributed by atoms with Crippen molar-refractivity contribution in [2.24, 2.45) is 0 Å². The molecule has 1 aromatic rings. The largest absolute Gasteiger partial charge is 0.384 e. The van der Waals surface area contributed by atoms with E-state index in [0.29, 0.717) is 0 Å². The van der Waals surface area contributed by atoms with E-state index in [1.54, 1.807) is 7.11 Å². The number of nitrogens with zero attached hydrogens (tertiary/aromatic N) is 2. The molecule has 5 nitrogen and oxygen atoms in total. The molecule has 0 saturated carbocycles. The third kappa shape index (κ3) is 6.98. The van der Waals surface area contributed by atoms with Gasteiger partial charge in [-0.1, -0.05) is 6.92 Å². The molecule has 0 bridgehead atoms. The third-order valence-corrected chi connectivity index (χ3v) is 2.82. The Bertz CT molecular complexity index is 346. The number of methoxy groups -OCH3 is 1. The average molecular weight is 266 g/mol. The molecule has 1 aromatic heterocycles. The number of pyridine rings is 1. The van der Waals surface area contributed by atoms with E-state index in [0.717, 1.165) is 50.6 Å². The quantitative estimate of drug-likeness (QED) is 0.677. The SMILES string of the molecule is CCCNc1cncc(NCCN(C)CCOC)c1. The maximum atomic E-state index is 5.05. The zero-order chi connectivity index (χ0) is 13.9. The van der Waals surface area contributed by atoms with Crippen LogP contribution in [0, 0.1) is 0 Å².